The molecule has 1 fully saturated rings. The third-order valence-corrected chi connectivity index (χ3v) is 18.8. The highest BCUT2D eigenvalue weighted by Crippen LogP contribution is 2.45. The first-order valence-electron chi connectivity index (χ1n) is 29.4. The molecule has 0 unspecified atom stereocenters. The number of esters is 1. The number of allylic oxidation sites excluding steroid dienone is 1. The van der Waals surface area contributed by atoms with Gasteiger partial charge in [-0.25, -0.2) is 29.4 Å². The molecule has 0 aliphatic carbocycles. The van der Waals surface area contributed by atoms with Crippen LogP contribution in [0.3, 0.4) is 0 Å². The van der Waals surface area contributed by atoms with Crippen LogP contribution >= 0.6 is 34.9 Å². The summed E-state index contributed by atoms with van der Waals surface area (Å²) in [5, 5.41) is 15.6. The molecule has 4 aliphatic heterocycles. The van der Waals surface area contributed by atoms with Crippen LogP contribution in [0.25, 0.3) is 0 Å². The van der Waals surface area contributed by atoms with Crippen LogP contribution in [-0.4, -0.2) is 84.1 Å². The number of anilines is 1. The van der Waals surface area contributed by atoms with E-state index in [0.29, 0.717) is 38.4 Å². The Bertz CT molecular complexity index is 4160. The smallest absolute Gasteiger partial charge is 0.431 e. The summed E-state index contributed by atoms with van der Waals surface area (Å²) in [5.41, 5.74) is 9.01. The number of β-lactam (4-membered cyclic amide) rings is 1. The molecule has 0 radical (unpaired) electrons. The zero-order valence-corrected chi connectivity index (χ0v) is 51.7. The summed E-state index contributed by atoms with van der Waals surface area (Å²) in [7, 11) is 0. The second kappa shape index (κ2) is 27.2. The number of thiazole rings is 1. The van der Waals surface area contributed by atoms with E-state index in [2.05, 4.69) is 21.3 Å². The van der Waals surface area contributed by atoms with Gasteiger partial charge >= 0.3 is 18.0 Å². The van der Waals surface area contributed by atoms with E-state index in [-0.39, 0.29) is 34.2 Å². The van der Waals surface area contributed by atoms with Gasteiger partial charge in [0.1, 0.15) is 28.3 Å². The van der Waals surface area contributed by atoms with E-state index in [4.69, 9.17) is 24.3 Å². The van der Waals surface area contributed by atoms with Crippen LogP contribution in [-0.2, 0) is 34.2 Å². The maximum absolute atomic E-state index is 15.3. The van der Waals surface area contributed by atoms with E-state index < -0.39 is 59.0 Å². The lowest BCUT2D eigenvalue weighted by Gasteiger charge is -2.49. The minimum absolute atomic E-state index is 0.0262. The Labute approximate surface area is 542 Å². The molecular formula is C72H57N9O8S3. The topological polar surface area (TPSA) is 196 Å². The molecule has 92 heavy (non-hydrogen) atoms. The summed E-state index contributed by atoms with van der Waals surface area (Å²) < 4.78 is 12.7. The van der Waals surface area contributed by atoms with Crippen molar-refractivity contribution in [3.63, 3.8) is 0 Å². The SMILES string of the molecule is CC1=NC2=CN(C(=O)OC(c3ccccc3)c3ccccc3)NN2C(SCC2=C(C(=O)OC(c3ccccc3)c3ccccc3)N3C(=O)[C@@H](NC(=O)/C(=N\OC(=O)c4ccccc4)c4csc(NC(c5ccccc5)(c5ccccc5)c5ccccc5)n4)[C@H]3SC2)=C1. The molecule has 1 saturated heterocycles. The van der Waals surface area contributed by atoms with Gasteiger partial charge in [0.05, 0.1) is 16.8 Å². The van der Waals surface area contributed by atoms with Gasteiger partial charge in [-0.3, -0.25) is 14.5 Å². The van der Waals surface area contributed by atoms with E-state index >= 15 is 14.4 Å². The monoisotopic (exact) mass is 1270 g/mol. The summed E-state index contributed by atoms with van der Waals surface area (Å²) in [6, 6.07) is 74.6. The Morgan fingerprint density at radius 2 is 1.15 bits per heavy atom. The fourth-order valence-electron chi connectivity index (χ4n) is 11.2. The average molecular weight is 1270 g/mol. The number of oxime groups is 1. The molecule has 1 aromatic heterocycles. The van der Waals surface area contributed by atoms with Crippen molar-refractivity contribution in [1.82, 2.24) is 30.8 Å². The first-order valence-corrected chi connectivity index (χ1v) is 32.3. The number of hydrogen-bond donors (Lipinski definition) is 3. The summed E-state index contributed by atoms with van der Waals surface area (Å²) in [5.74, 6) is -2.21. The van der Waals surface area contributed by atoms with Crippen LogP contribution in [0.5, 0.6) is 0 Å². The largest absolute Gasteiger partial charge is 0.448 e. The quantitative estimate of drug-likeness (QED) is 0.0163. The summed E-state index contributed by atoms with van der Waals surface area (Å²) in [6.07, 6.45) is 1.15. The maximum Gasteiger partial charge on any atom is 0.431 e. The van der Waals surface area contributed by atoms with E-state index in [1.807, 2.05) is 225 Å². The van der Waals surface area contributed by atoms with E-state index in [1.54, 1.807) is 46.9 Å². The highest BCUT2D eigenvalue weighted by Gasteiger charge is 2.55. The zero-order chi connectivity index (χ0) is 63.0. The number of rotatable bonds is 20. The molecule has 0 saturated carbocycles. The molecule has 0 spiro atoms. The number of carbonyl (C=O) groups is 5. The van der Waals surface area contributed by atoms with Crippen molar-refractivity contribution in [2.45, 2.75) is 36.1 Å². The zero-order valence-electron chi connectivity index (χ0n) is 49.2. The third kappa shape index (κ3) is 12.6. The van der Waals surface area contributed by atoms with Crippen molar-refractivity contribution < 1.29 is 38.3 Å². The van der Waals surface area contributed by atoms with Crippen molar-refractivity contribution in [3.8, 4) is 0 Å². The molecule has 20 heteroatoms. The number of hydrazine groups is 2. The van der Waals surface area contributed by atoms with Crippen molar-refractivity contribution in [2.24, 2.45) is 10.1 Å². The van der Waals surface area contributed by atoms with Gasteiger partial charge in [-0.1, -0.05) is 236 Å². The Hall–Kier alpha value is -10.6. The highest BCUT2D eigenvalue weighted by molar-refractivity contribution is 8.03. The first-order chi connectivity index (χ1) is 45.1. The van der Waals surface area contributed by atoms with E-state index in [1.165, 1.54) is 44.8 Å². The average Bonchev–Trinajstić information content (AvgIpc) is 0.918. The number of benzene rings is 8. The molecule has 2 atom stereocenters. The van der Waals surface area contributed by atoms with Crippen LogP contribution in [0.2, 0.25) is 0 Å². The predicted molar refractivity (Wildman–Crippen MR) is 356 cm³/mol. The van der Waals surface area contributed by atoms with Gasteiger partial charge < -0.3 is 24.9 Å². The van der Waals surface area contributed by atoms with E-state index in [0.717, 1.165) is 27.8 Å². The van der Waals surface area contributed by atoms with Crippen LogP contribution in [0.1, 0.15) is 74.1 Å². The lowest BCUT2D eigenvalue weighted by atomic mass is 9.77. The summed E-state index contributed by atoms with van der Waals surface area (Å²) >= 11 is 3.93. The predicted octanol–water partition coefficient (Wildman–Crippen LogP) is 12.9. The summed E-state index contributed by atoms with van der Waals surface area (Å²) in [6.45, 7) is 1.84. The Morgan fingerprint density at radius 1 is 0.663 bits per heavy atom. The number of fused-ring (bicyclic) bond motifs is 2. The van der Waals surface area contributed by atoms with Crippen LogP contribution in [0.4, 0.5) is 9.93 Å². The number of amides is 3. The normalized spacial score (nSPS) is 16.2. The highest BCUT2D eigenvalue weighted by atomic mass is 32.2. The summed E-state index contributed by atoms with van der Waals surface area (Å²) in [4.78, 5) is 89.5. The molecule has 3 N–H and O–H groups in total. The maximum atomic E-state index is 15.3. The fourth-order valence-corrected chi connectivity index (χ4v) is 14.5. The van der Waals surface area contributed by atoms with Gasteiger partial charge in [0.25, 0.3) is 11.8 Å². The lowest BCUT2D eigenvalue weighted by molar-refractivity contribution is -0.154. The van der Waals surface area contributed by atoms with Crippen LogP contribution in [0, 0.1) is 0 Å². The van der Waals surface area contributed by atoms with Gasteiger partial charge in [-0.15, -0.1) is 40.4 Å². The molecule has 4 aliphatic rings. The molecule has 17 nitrogen and oxygen atoms in total. The Kier molecular flexibility index (Phi) is 17.8. The number of hydrogen-bond acceptors (Lipinski definition) is 17. The molecule has 5 heterocycles. The van der Waals surface area contributed by atoms with Gasteiger partial charge in [-0.2, -0.15) is 5.01 Å². The molecular weight excluding hydrogens is 1220 g/mol. The van der Waals surface area contributed by atoms with Crippen molar-refractivity contribution in [3.05, 3.63) is 333 Å². The molecule has 13 rings (SSSR count). The molecule has 8 aromatic carbocycles. The number of aliphatic imine (C=N–C) groups is 1. The minimum Gasteiger partial charge on any atom is -0.448 e. The molecule has 0 bridgehead atoms. The lowest BCUT2D eigenvalue weighted by Crippen LogP contribution is -2.71. The molecule has 9 aromatic rings. The van der Waals surface area contributed by atoms with Crippen LogP contribution < -0.4 is 16.2 Å². The minimum atomic E-state index is -1.19. The second-order valence-electron chi connectivity index (χ2n) is 21.5. The Morgan fingerprint density at radius 3 is 1.67 bits per heavy atom. The third-order valence-electron chi connectivity index (χ3n) is 15.6. The van der Waals surface area contributed by atoms with Gasteiger partial charge in [0, 0.05) is 22.6 Å². The van der Waals surface area contributed by atoms with Crippen molar-refractivity contribution in [1.29, 1.82) is 0 Å². The van der Waals surface area contributed by atoms with Crippen LogP contribution in [0.15, 0.2) is 293 Å². The second-order valence-corrected chi connectivity index (χ2v) is 24.5. The number of thioether (sulfide) groups is 2. The number of nitrogens with one attached hydrogen (secondary N) is 3. The van der Waals surface area contributed by atoms with Gasteiger partial charge in [0.15, 0.2) is 28.9 Å². The first kappa shape index (κ1) is 60.3. The number of aromatic nitrogens is 1. The molecule has 456 valence electrons. The molecule has 3 amide bonds. The van der Waals surface area contributed by atoms with Crippen molar-refractivity contribution in [2.75, 3.05) is 16.8 Å². The van der Waals surface area contributed by atoms with E-state index in [9.17, 15) is 9.59 Å². The number of ether oxygens (including phenoxy) is 2. The van der Waals surface area contributed by atoms with Gasteiger partial charge in [-0.05, 0) is 69.6 Å². The standard InChI is InChI=1S/C72H57N9O8S3/c1-47-42-59(81-58(73-47)43-79(78-81)71(86)88-64(50-30-14-4-15-31-50)51-32-16-5-17-33-51)90-44-53-45-91-67-61(66(83)80(67)62(53)69(85)87-63(48-26-10-2-11-27-48)49-28-12-3-13-29-49)75-65(82)60(77-89-68(84)52-34-18-6-19-35-52)57-46-92-70(74-57)76-72(54-36-20-7-21-37-54,55-38-22-8-23-39-55)56-40-24-9-25-41-56/h2-43,46,61,63-64,67,78H,44-45H2,1H3,(H,74,76)(H,75,82)/b77-60-/t61-,67-/m1/s1. The number of nitrogens with zero attached hydrogens (tertiary/aromatic N) is 6. The fraction of sp³-hybridized carbons (Fsp3) is 0.111. The van der Waals surface area contributed by atoms with Crippen molar-refractivity contribution >= 4 is 81.3 Å². The van der Waals surface area contributed by atoms with Gasteiger partial charge in [0.2, 0.25) is 0 Å². The number of carbonyl (C=O) groups excluding carboxylic acids is 5. The Balaban J connectivity index is 0.791.